The second-order valence-electron chi connectivity index (χ2n) is 10.6. The highest BCUT2D eigenvalue weighted by Gasteiger charge is 2.28. The van der Waals surface area contributed by atoms with E-state index in [-0.39, 0.29) is 49.0 Å². The van der Waals surface area contributed by atoms with Crippen LogP contribution in [-0.2, 0) is 22.6 Å². The van der Waals surface area contributed by atoms with E-state index in [1.165, 1.54) is 7.11 Å². The molecule has 0 radical (unpaired) electrons. The Labute approximate surface area is 253 Å². The fourth-order valence-corrected chi connectivity index (χ4v) is 4.81. The van der Waals surface area contributed by atoms with Gasteiger partial charge in [0.1, 0.15) is 11.9 Å². The number of carbonyl (C=O) groups excluding carboxylic acids is 2. The van der Waals surface area contributed by atoms with Gasteiger partial charge in [0.05, 0.1) is 46.6 Å². The molecule has 9 heteroatoms. The Morgan fingerprint density at radius 2 is 1.70 bits per heavy atom. The number of aliphatic hydroxyl groups is 1. The zero-order valence-electron chi connectivity index (χ0n) is 23.3. The van der Waals surface area contributed by atoms with E-state index in [1.54, 1.807) is 18.2 Å². The second kappa shape index (κ2) is 14.5. The van der Waals surface area contributed by atoms with Crippen LogP contribution in [0.15, 0.2) is 66.7 Å². The van der Waals surface area contributed by atoms with Gasteiger partial charge in [0.15, 0.2) is 0 Å². The van der Waals surface area contributed by atoms with Crippen molar-refractivity contribution in [1.82, 2.24) is 0 Å². The number of hydrogen-bond donors (Lipinski definition) is 3. The number of amides is 2. The summed E-state index contributed by atoms with van der Waals surface area (Å²) in [7, 11) is 5.91. The van der Waals surface area contributed by atoms with E-state index >= 15 is 0 Å². The number of halogens is 1. The molecule has 1 heterocycles. The Balaban J connectivity index is 0.00000441. The third kappa shape index (κ3) is 8.67. The van der Waals surface area contributed by atoms with E-state index < -0.39 is 6.09 Å². The molecule has 1 fully saturated rings. The summed E-state index contributed by atoms with van der Waals surface area (Å²) in [6.07, 6.45) is 1.89. The number of methoxy groups -OCH3 is 1. The first-order valence-electron chi connectivity index (χ1n) is 13.3. The van der Waals surface area contributed by atoms with E-state index in [1.807, 2.05) is 48.5 Å². The number of hydrogen-bond acceptors (Lipinski definition) is 5. The van der Waals surface area contributed by atoms with Crippen molar-refractivity contribution in [3.8, 4) is 16.9 Å². The molecule has 0 aromatic heterocycles. The number of aliphatic hydroxyl groups excluding tert-OH is 1. The normalized spacial score (nSPS) is 14.5. The van der Waals surface area contributed by atoms with Crippen LogP contribution < -0.4 is 39.3 Å². The zero-order chi connectivity index (χ0) is 27.8. The van der Waals surface area contributed by atoms with Gasteiger partial charge in [-0.1, -0.05) is 48.5 Å². The minimum absolute atomic E-state index is 0. The molecule has 3 N–H and O–H groups in total. The number of benzene rings is 3. The van der Waals surface area contributed by atoms with Gasteiger partial charge in [0, 0.05) is 42.1 Å². The van der Waals surface area contributed by atoms with Gasteiger partial charge in [0.25, 0.3) is 0 Å². The number of nitrogens with one attached hydrogen (secondary N) is 2. The Morgan fingerprint density at radius 3 is 2.38 bits per heavy atom. The van der Waals surface area contributed by atoms with Crippen LogP contribution in [0.25, 0.3) is 11.1 Å². The monoisotopic (exact) mass is 659 g/mol. The summed E-state index contributed by atoms with van der Waals surface area (Å²) in [5.41, 5.74) is 4.69. The quantitative estimate of drug-likeness (QED) is 0.242. The molecule has 0 bridgehead atoms. The lowest BCUT2D eigenvalue weighted by Gasteiger charge is -2.36. The van der Waals surface area contributed by atoms with Crippen LogP contribution in [0.3, 0.4) is 0 Å². The van der Waals surface area contributed by atoms with E-state index in [0.717, 1.165) is 47.1 Å². The molecular weight excluding hydrogens is 621 g/mol. The summed E-state index contributed by atoms with van der Waals surface area (Å²) >= 11 is 0. The van der Waals surface area contributed by atoms with Gasteiger partial charge in [-0.15, -0.1) is 0 Å². The van der Waals surface area contributed by atoms with Crippen LogP contribution in [0, 0.1) is 0 Å². The third-order valence-electron chi connectivity index (χ3n) is 7.17. The first-order valence-corrected chi connectivity index (χ1v) is 13.3. The highest BCUT2D eigenvalue weighted by atomic mass is 127. The number of aryl methyl sites for hydroxylation is 1. The molecule has 8 nitrogen and oxygen atoms in total. The van der Waals surface area contributed by atoms with Crippen molar-refractivity contribution < 1.29 is 52.6 Å². The van der Waals surface area contributed by atoms with Gasteiger partial charge in [-0.2, -0.15) is 0 Å². The highest BCUT2D eigenvalue weighted by molar-refractivity contribution is 5.93. The molecule has 214 valence electrons. The number of piperidine rings is 1. The van der Waals surface area contributed by atoms with Gasteiger partial charge in [-0.3, -0.25) is 10.1 Å². The molecule has 0 saturated carbocycles. The number of nitrogens with zero attached hydrogens (tertiary/aromatic N) is 1. The van der Waals surface area contributed by atoms with Gasteiger partial charge in [0.2, 0.25) is 5.91 Å². The molecule has 3 aromatic carbocycles. The lowest BCUT2D eigenvalue weighted by molar-refractivity contribution is -0.896. The standard InChI is InChI=1S/C31H37N3O5.HI/c1-34(2)17-15-26(16-18-34)39-31(37)33-28-19-22(9-13-27(28)23-7-5-4-6-8-23)10-14-30(36)32-25-12-11-24(21-35)29(20-25)38-3;/h4-9,11-13,19-20,26,35H,10,14-18,21H2,1-3H3,(H-,32,33,36,37);1H. The maximum absolute atomic E-state index is 12.9. The van der Waals surface area contributed by atoms with Crippen molar-refractivity contribution in [3.05, 3.63) is 77.9 Å². The first-order chi connectivity index (χ1) is 18.8. The van der Waals surface area contributed by atoms with Crippen molar-refractivity contribution in [1.29, 1.82) is 0 Å². The van der Waals surface area contributed by atoms with Crippen LogP contribution in [0.5, 0.6) is 5.75 Å². The van der Waals surface area contributed by atoms with Crippen molar-refractivity contribution in [2.75, 3.05) is 44.9 Å². The van der Waals surface area contributed by atoms with Crippen LogP contribution in [0.1, 0.15) is 30.4 Å². The SMILES string of the molecule is COc1cc(NC(=O)CCc2ccc(-c3ccccc3)c(NC(=O)OC3CC[N+](C)(C)CC3)c2)ccc1CO.[I-]. The highest BCUT2D eigenvalue weighted by Crippen LogP contribution is 2.30. The van der Waals surface area contributed by atoms with Crippen LogP contribution >= 0.6 is 0 Å². The maximum atomic E-state index is 12.9. The molecule has 0 unspecified atom stereocenters. The Bertz CT molecular complexity index is 1290. The molecule has 40 heavy (non-hydrogen) atoms. The van der Waals surface area contributed by atoms with E-state index in [9.17, 15) is 14.7 Å². The van der Waals surface area contributed by atoms with Gasteiger partial charge >= 0.3 is 6.09 Å². The summed E-state index contributed by atoms with van der Waals surface area (Å²) < 4.78 is 12.0. The van der Waals surface area contributed by atoms with Crippen molar-refractivity contribution >= 4 is 23.4 Å². The van der Waals surface area contributed by atoms with E-state index in [0.29, 0.717) is 29.1 Å². The summed E-state index contributed by atoms with van der Waals surface area (Å²) in [6.45, 7) is 1.81. The van der Waals surface area contributed by atoms with Crippen LogP contribution in [-0.4, -0.2) is 62.0 Å². The second-order valence-corrected chi connectivity index (χ2v) is 10.6. The van der Waals surface area contributed by atoms with Crippen molar-refractivity contribution in [2.45, 2.75) is 38.4 Å². The molecule has 4 rings (SSSR count). The summed E-state index contributed by atoms with van der Waals surface area (Å²) in [5.74, 6) is 0.374. The predicted molar refractivity (Wildman–Crippen MR) is 153 cm³/mol. The summed E-state index contributed by atoms with van der Waals surface area (Å²) in [4.78, 5) is 25.5. The third-order valence-corrected chi connectivity index (χ3v) is 7.17. The zero-order valence-corrected chi connectivity index (χ0v) is 25.4. The Kier molecular flexibility index (Phi) is 11.4. The van der Waals surface area contributed by atoms with Crippen molar-refractivity contribution in [2.24, 2.45) is 0 Å². The lowest BCUT2D eigenvalue weighted by Crippen LogP contribution is -3.00. The average Bonchev–Trinajstić information content (AvgIpc) is 2.93. The largest absolute Gasteiger partial charge is 1.00 e. The molecule has 3 aromatic rings. The smallest absolute Gasteiger partial charge is 0.411 e. The Hall–Kier alpha value is -3.15. The number of rotatable bonds is 9. The van der Waals surface area contributed by atoms with Gasteiger partial charge < -0.3 is 48.4 Å². The number of ether oxygens (including phenoxy) is 2. The summed E-state index contributed by atoms with van der Waals surface area (Å²) in [5, 5.41) is 15.2. The lowest BCUT2D eigenvalue weighted by atomic mass is 9.99. The number of anilines is 2. The summed E-state index contributed by atoms with van der Waals surface area (Å²) in [6, 6.07) is 20.9. The van der Waals surface area contributed by atoms with Crippen LogP contribution in [0.4, 0.5) is 16.2 Å². The molecule has 0 atom stereocenters. The minimum atomic E-state index is -0.459. The molecule has 1 aliphatic heterocycles. The molecule has 0 aliphatic carbocycles. The van der Waals surface area contributed by atoms with Crippen LogP contribution in [0.2, 0.25) is 0 Å². The fourth-order valence-electron chi connectivity index (χ4n) is 4.81. The Morgan fingerprint density at radius 1 is 0.975 bits per heavy atom. The number of likely N-dealkylation sites (tertiary alicyclic amines) is 1. The number of quaternary nitrogens is 1. The average molecular weight is 660 g/mol. The molecule has 2 amide bonds. The predicted octanol–water partition coefficient (Wildman–Crippen LogP) is 2.22. The van der Waals surface area contributed by atoms with E-state index in [2.05, 4.69) is 24.7 Å². The first kappa shape index (κ1) is 31.4. The maximum Gasteiger partial charge on any atom is 0.411 e. The van der Waals surface area contributed by atoms with Gasteiger partial charge in [-0.25, -0.2) is 4.79 Å². The molecular formula is C31H38IN3O5. The topological polar surface area (TPSA) is 96.9 Å². The fraction of sp³-hybridized carbons (Fsp3) is 0.355. The molecule has 1 aliphatic rings. The van der Waals surface area contributed by atoms with Gasteiger partial charge in [-0.05, 0) is 29.7 Å². The van der Waals surface area contributed by atoms with Crippen molar-refractivity contribution in [3.63, 3.8) is 0 Å². The molecule has 0 spiro atoms. The number of carbonyl (C=O) groups is 2. The minimum Gasteiger partial charge on any atom is -1.00 e. The van der Waals surface area contributed by atoms with E-state index in [4.69, 9.17) is 9.47 Å². The molecule has 1 saturated heterocycles.